The maximum absolute atomic E-state index is 13.0. The number of halogens is 2. The topological polar surface area (TPSA) is 63.7 Å². The number of hydrogen-bond donors (Lipinski definition) is 0. The molecule has 3 aliphatic rings. The van der Waals surface area contributed by atoms with E-state index in [1.807, 2.05) is 6.92 Å². The van der Waals surface area contributed by atoms with Crippen molar-refractivity contribution in [2.24, 2.45) is 23.7 Å². The molecule has 2 aliphatic carbocycles. The summed E-state index contributed by atoms with van der Waals surface area (Å²) in [6, 6.07) is 6.56. The average Bonchev–Trinajstić information content (AvgIpc) is 3.27. The zero-order valence-corrected chi connectivity index (χ0v) is 18.1. The highest BCUT2D eigenvalue weighted by atomic mass is 79.9. The molecule has 0 aromatic heterocycles. The van der Waals surface area contributed by atoms with Gasteiger partial charge in [-0.15, -0.1) is 0 Å². The van der Waals surface area contributed by atoms with Crippen molar-refractivity contribution in [2.45, 2.75) is 35.8 Å². The van der Waals surface area contributed by atoms with Gasteiger partial charge in [-0.3, -0.25) is 14.5 Å². The van der Waals surface area contributed by atoms with Crippen LogP contribution in [0.15, 0.2) is 24.3 Å². The van der Waals surface area contributed by atoms with Crippen LogP contribution in [0.4, 0.5) is 5.69 Å². The van der Waals surface area contributed by atoms with Gasteiger partial charge in [-0.1, -0.05) is 45.2 Å². The first-order chi connectivity index (χ1) is 13.0. The molecule has 6 atom stereocenters. The number of carbonyl (C=O) groups is 3. The van der Waals surface area contributed by atoms with Crippen LogP contribution in [0, 0.1) is 23.7 Å². The first-order valence-corrected chi connectivity index (χ1v) is 11.2. The van der Waals surface area contributed by atoms with E-state index in [-0.39, 0.29) is 51.1 Å². The monoisotopic (exact) mass is 497 g/mol. The molecule has 3 fully saturated rings. The van der Waals surface area contributed by atoms with Crippen molar-refractivity contribution >= 4 is 55.3 Å². The van der Waals surface area contributed by atoms with Crippen molar-refractivity contribution in [1.82, 2.24) is 0 Å². The number of alkyl halides is 2. The predicted octanol–water partition coefficient (Wildman–Crippen LogP) is 3.93. The lowest BCUT2D eigenvalue weighted by Gasteiger charge is -2.28. The zero-order chi connectivity index (χ0) is 19.3. The smallest absolute Gasteiger partial charge is 0.338 e. The Bertz CT molecular complexity index is 749. The van der Waals surface area contributed by atoms with Crippen LogP contribution in [0.1, 0.15) is 36.5 Å². The van der Waals surface area contributed by atoms with Gasteiger partial charge in [-0.05, 0) is 48.9 Å². The molecule has 0 radical (unpaired) electrons. The number of ether oxygens (including phenoxy) is 1. The summed E-state index contributed by atoms with van der Waals surface area (Å²) in [5, 5.41) is 0. The number of imide groups is 1. The quantitative estimate of drug-likeness (QED) is 0.267. The third-order valence-corrected chi connectivity index (χ3v) is 9.29. The molecule has 5 nitrogen and oxygen atoms in total. The molecule has 1 aromatic rings. The van der Waals surface area contributed by atoms with Crippen molar-refractivity contribution < 1.29 is 19.1 Å². The van der Waals surface area contributed by atoms with Gasteiger partial charge in [-0.25, -0.2) is 4.79 Å². The van der Waals surface area contributed by atoms with Crippen LogP contribution in [0.2, 0.25) is 0 Å². The van der Waals surface area contributed by atoms with E-state index in [1.54, 1.807) is 24.3 Å². The van der Waals surface area contributed by atoms with Gasteiger partial charge >= 0.3 is 5.97 Å². The van der Waals surface area contributed by atoms with Gasteiger partial charge in [0.05, 0.1) is 29.7 Å². The minimum absolute atomic E-state index is 0.111. The molecular weight excluding hydrogens is 478 g/mol. The summed E-state index contributed by atoms with van der Waals surface area (Å²) in [6.45, 7) is 2.43. The fourth-order valence-electron chi connectivity index (χ4n) is 4.74. The number of carbonyl (C=O) groups excluding carboxylic acids is 3. The summed E-state index contributed by atoms with van der Waals surface area (Å²) in [6.07, 6.45) is 2.70. The lowest BCUT2D eigenvalue weighted by Crippen LogP contribution is -2.37. The highest BCUT2D eigenvalue weighted by molar-refractivity contribution is 9.12. The van der Waals surface area contributed by atoms with Gasteiger partial charge < -0.3 is 4.74 Å². The Balaban J connectivity index is 1.52. The summed E-state index contributed by atoms with van der Waals surface area (Å²) >= 11 is 7.38. The molecule has 1 heterocycles. The molecule has 2 amide bonds. The Hall–Kier alpha value is -1.21. The molecule has 2 saturated carbocycles. The van der Waals surface area contributed by atoms with Crippen molar-refractivity contribution in [2.75, 3.05) is 11.5 Å². The van der Waals surface area contributed by atoms with Gasteiger partial charge in [-0.2, -0.15) is 0 Å². The number of nitrogens with zero attached hydrogens (tertiary/aromatic N) is 1. The third kappa shape index (κ3) is 2.97. The molecule has 1 saturated heterocycles. The highest BCUT2D eigenvalue weighted by Crippen LogP contribution is 2.60. The number of fused-ring (bicyclic) bond motifs is 5. The predicted molar refractivity (Wildman–Crippen MR) is 108 cm³/mol. The number of hydrogen-bond acceptors (Lipinski definition) is 4. The van der Waals surface area contributed by atoms with E-state index in [2.05, 4.69) is 31.9 Å². The van der Waals surface area contributed by atoms with Crippen LogP contribution in [-0.4, -0.2) is 34.0 Å². The SMILES string of the molecule is CCCCOC(=O)c1ccc(N2C(=O)[C@H]3[C@@H]4C[C@@H]([C@@H](Br)[C@H]4Br)[C@@H]3C2=O)cc1. The van der Waals surface area contributed by atoms with Gasteiger partial charge in [0.2, 0.25) is 11.8 Å². The minimum Gasteiger partial charge on any atom is -0.462 e. The second-order valence-corrected chi connectivity index (χ2v) is 9.67. The summed E-state index contributed by atoms with van der Waals surface area (Å²) in [7, 11) is 0. The highest BCUT2D eigenvalue weighted by Gasteiger charge is 2.66. The summed E-state index contributed by atoms with van der Waals surface area (Å²) in [5.41, 5.74) is 0.955. The number of esters is 1. The number of benzene rings is 1. The Morgan fingerprint density at radius 2 is 1.63 bits per heavy atom. The second kappa shape index (κ2) is 7.32. The number of amides is 2. The molecule has 144 valence electrons. The Morgan fingerprint density at radius 3 is 2.15 bits per heavy atom. The van der Waals surface area contributed by atoms with Crippen molar-refractivity contribution in [3.05, 3.63) is 29.8 Å². The second-order valence-electron chi connectivity index (χ2n) is 7.55. The lowest BCUT2D eigenvalue weighted by atomic mass is 9.81. The fourth-order valence-corrected chi connectivity index (χ4v) is 6.62. The van der Waals surface area contributed by atoms with E-state index in [0.29, 0.717) is 17.9 Å². The van der Waals surface area contributed by atoms with E-state index in [4.69, 9.17) is 4.74 Å². The molecule has 7 heteroatoms. The average molecular weight is 499 g/mol. The molecule has 0 N–H and O–H groups in total. The Labute approximate surface area is 175 Å². The fraction of sp³-hybridized carbons (Fsp3) is 0.550. The minimum atomic E-state index is -0.381. The Kier molecular flexibility index (Phi) is 5.18. The number of anilines is 1. The maximum atomic E-state index is 13.0. The first kappa shape index (κ1) is 19.1. The van der Waals surface area contributed by atoms with Crippen LogP contribution in [0.25, 0.3) is 0 Å². The van der Waals surface area contributed by atoms with Crippen molar-refractivity contribution in [3.8, 4) is 0 Å². The molecule has 4 rings (SSSR count). The van der Waals surface area contributed by atoms with Crippen molar-refractivity contribution in [1.29, 1.82) is 0 Å². The zero-order valence-electron chi connectivity index (χ0n) is 14.9. The van der Waals surface area contributed by atoms with Gasteiger partial charge in [0.1, 0.15) is 0 Å². The molecule has 0 spiro atoms. The molecular formula is C20H21Br2NO4. The van der Waals surface area contributed by atoms with E-state index in [0.717, 1.165) is 19.3 Å². The van der Waals surface area contributed by atoms with Crippen molar-refractivity contribution in [3.63, 3.8) is 0 Å². The molecule has 27 heavy (non-hydrogen) atoms. The van der Waals surface area contributed by atoms with Crippen LogP contribution in [0.3, 0.4) is 0 Å². The van der Waals surface area contributed by atoms with E-state index < -0.39 is 0 Å². The van der Waals surface area contributed by atoms with Gasteiger partial charge in [0, 0.05) is 9.65 Å². The largest absolute Gasteiger partial charge is 0.462 e. The first-order valence-electron chi connectivity index (χ1n) is 9.38. The maximum Gasteiger partial charge on any atom is 0.338 e. The number of rotatable bonds is 5. The number of unbranched alkanes of at least 4 members (excludes halogenated alkanes) is 1. The standard InChI is InChI=1S/C20H21Br2NO4/c1-2-3-8-27-20(26)10-4-6-11(7-5-10)23-18(24)14-12-9-13(15(14)19(23)25)17(22)16(12)21/h4-7,12-17H,2-3,8-9H2,1H3/t12-,13+,14-,15-,16-,17+/m0/s1. The van der Waals surface area contributed by atoms with Crippen LogP contribution in [-0.2, 0) is 14.3 Å². The van der Waals surface area contributed by atoms with Crippen LogP contribution < -0.4 is 4.90 Å². The van der Waals surface area contributed by atoms with E-state index in [9.17, 15) is 14.4 Å². The summed E-state index contributed by atoms with van der Waals surface area (Å²) < 4.78 is 5.20. The molecule has 2 bridgehead atoms. The van der Waals surface area contributed by atoms with Gasteiger partial charge in [0.15, 0.2) is 0 Å². The molecule has 1 aromatic carbocycles. The summed E-state index contributed by atoms with van der Waals surface area (Å²) in [4.78, 5) is 39.8. The lowest BCUT2D eigenvalue weighted by molar-refractivity contribution is -0.123. The normalized spacial score (nSPS) is 34.3. The third-order valence-electron chi connectivity index (χ3n) is 6.08. The van der Waals surface area contributed by atoms with Gasteiger partial charge in [0.25, 0.3) is 0 Å². The van der Waals surface area contributed by atoms with Crippen LogP contribution >= 0.6 is 31.9 Å². The summed E-state index contributed by atoms with van der Waals surface area (Å²) in [5.74, 6) is -0.691. The van der Waals surface area contributed by atoms with Crippen LogP contribution in [0.5, 0.6) is 0 Å². The molecule has 1 aliphatic heterocycles. The molecule has 0 unspecified atom stereocenters. The van der Waals surface area contributed by atoms with E-state index >= 15 is 0 Å². The Morgan fingerprint density at radius 1 is 1.07 bits per heavy atom. The van der Waals surface area contributed by atoms with E-state index in [1.165, 1.54) is 4.90 Å².